The van der Waals surface area contributed by atoms with Crippen LogP contribution in [0.15, 0.2) is 0 Å². The highest BCUT2D eigenvalue weighted by Gasteiger charge is 2.46. The van der Waals surface area contributed by atoms with E-state index in [-0.39, 0.29) is 5.60 Å². The van der Waals surface area contributed by atoms with E-state index in [9.17, 15) is 5.11 Å². The normalized spacial score (nSPS) is 52.0. The third kappa shape index (κ3) is 2.08. The zero-order valence-electron chi connectivity index (χ0n) is 10.5. The summed E-state index contributed by atoms with van der Waals surface area (Å²) in [4.78, 5) is 0. The highest BCUT2D eigenvalue weighted by atomic mass is 16.3. The molecular weight excluding hydrogens is 184 g/mol. The van der Waals surface area contributed by atoms with Gasteiger partial charge in [0, 0.05) is 0 Å². The highest BCUT2D eigenvalue weighted by molar-refractivity contribution is 4.97. The Kier molecular flexibility index (Phi) is 3.12. The molecule has 1 heteroatoms. The molecule has 2 aliphatic carbocycles. The molecule has 0 aliphatic heterocycles. The summed E-state index contributed by atoms with van der Waals surface area (Å²) in [6, 6.07) is 0. The van der Waals surface area contributed by atoms with E-state index in [4.69, 9.17) is 0 Å². The summed E-state index contributed by atoms with van der Waals surface area (Å²) in [7, 11) is 0. The van der Waals surface area contributed by atoms with Crippen LogP contribution in [0.4, 0.5) is 0 Å². The van der Waals surface area contributed by atoms with Gasteiger partial charge in [-0.25, -0.2) is 0 Å². The van der Waals surface area contributed by atoms with E-state index in [2.05, 4.69) is 20.8 Å². The predicted octanol–water partition coefficient (Wildman–Crippen LogP) is 3.61. The molecule has 88 valence electrons. The van der Waals surface area contributed by atoms with Gasteiger partial charge in [-0.2, -0.15) is 0 Å². The van der Waals surface area contributed by atoms with Gasteiger partial charge >= 0.3 is 0 Å². The van der Waals surface area contributed by atoms with Crippen LogP contribution >= 0.6 is 0 Å². The zero-order chi connectivity index (χ0) is 11.1. The van der Waals surface area contributed by atoms with Crippen molar-refractivity contribution in [3.8, 4) is 0 Å². The number of rotatable bonds is 1. The SMILES string of the molecule is CC1CC(C)CC(C2(O)CCCC2C)C1. The topological polar surface area (TPSA) is 20.2 Å². The second-order valence-corrected chi connectivity index (χ2v) is 6.40. The van der Waals surface area contributed by atoms with Crippen LogP contribution in [0.25, 0.3) is 0 Å². The lowest BCUT2D eigenvalue weighted by Crippen LogP contribution is -2.43. The summed E-state index contributed by atoms with van der Waals surface area (Å²) in [6.45, 7) is 6.95. The maximum Gasteiger partial charge on any atom is 0.0701 e. The van der Waals surface area contributed by atoms with Gasteiger partial charge in [0.05, 0.1) is 5.60 Å². The van der Waals surface area contributed by atoms with Crippen LogP contribution in [0, 0.1) is 23.7 Å². The van der Waals surface area contributed by atoms with Crippen molar-refractivity contribution in [1.29, 1.82) is 0 Å². The van der Waals surface area contributed by atoms with Gasteiger partial charge in [0.25, 0.3) is 0 Å². The van der Waals surface area contributed by atoms with Crippen LogP contribution in [-0.4, -0.2) is 10.7 Å². The lowest BCUT2D eigenvalue weighted by molar-refractivity contribution is -0.0720. The molecular formula is C14H26O. The second kappa shape index (κ2) is 4.08. The monoisotopic (exact) mass is 210 g/mol. The summed E-state index contributed by atoms with van der Waals surface area (Å²) in [5.41, 5.74) is -0.317. The van der Waals surface area contributed by atoms with Crippen molar-refractivity contribution in [1.82, 2.24) is 0 Å². The maximum absolute atomic E-state index is 10.8. The molecule has 4 unspecified atom stereocenters. The molecule has 0 amide bonds. The lowest BCUT2D eigenvalue weighted by atomic mass is 9.67. The van der Waals surface area contributed by atoms with E-state index >= 15 is 0 Å². The van der Waals surface area contributed by atoms with E-state index in [1.807, 2.05) is 0 Å². The molecule has 0 aromatic rings. The van der Waals surface area contributed by atoms with Crippen molar-refractivity contribution in [3.63, 3.8) is 0 Å². The molecule has 0 spiro atoms. The van der Waals surface area contributed by atoms with E-state index in [0.29, 0.717) is 11.8 Å². The van der Waals surface area contributed by atoms with Gasteiger partial charge in [-0.3, -0.25) is 0 Å². The first-order valence-corrected chi connectivity index (χ1v) is 6.74. The largest absolute Gasteiger partial charge is 0.389 e. The summed E-state index contributed by atoms with van der Waals surface area (Å²) in [5.74, 6) is 2.74. The van der Waals surface area contributed by atoms with Gasteiger partial charge in [-0.05, 0) is 55.8 Å². The molecule has 4 atom stereocenters. The summed E-state index contributed by atoms with van der Waals surface area (Å²) in [6.07, 6.45) is 7.39. The predicted molar refractivity (Wildman–Crippen MR) is 63.6 cm³/mol. The van der Waals surface area contributed by atoms with E-state index in [0.717, 1.165) is 18.3 Å². The molecule has 2 rings (SSSR count). The minimum atomic E-state index is -0.317. The molecule has 2 saturated carbocycles. The Morgan fingerprint density at radius 3 is 2.07 bits per heavy atom. The van der Waals surface area contributed by atoms with Crippen molar-refractivity contribution in [2.75, 3.05) is 0 Å². The fourth-order valence-electron chi connectivity index (χ4n) is 4.15. The van der Waals surface area contributed by atoms with E-state index < -0.39 is 0 Å². The zero-order valence-corrected chi connectivity index (χ0v) is 10.5. The molecule has 0 bridgehead atoms. The van der Waals surface area contributed by atoms with Crippen LogP contribution in [0.1, 0.15) is 59.3 Å². The van der Waals surface area contributed by atoms with Crippen LogP contribution in [0.5, 0.6) is 0 Å². The molecule has 0 saturated heterocycles. The molecule has 15 heavy (non-hydrogen) atoms. The maximum atomic E-state index is 10.8. The first-order valence-electron chi connectivity index (χ1n) is 6.74. The molecule has 1 nitrogen and oxygen atoms in total. The fourth-order valence-corrected chi connectivity index (χ4v) is 4.15. The van der Waals surface area contributed by atoms with Gasteiger partial charge in [-0.15, -0.1) is 0 Å². The average molecular weight is 210 g/mol. The van der Waals surface area contributed by atoms with Crippen LogP contribution in [0.2, 0.25) is 0 Å². The molecule has 0 radical (unpaired) electrons. The molecule has 2 fully saturated rings. The fraction of sp³-hybridized carbons (Fsp3) is 1.00. The Morgan fingerprint density at radius 2 is 1.60 bits per heavy atom. The molecule has 1 N–H and O–H groups in total. The third-order valence-electron chi connectivity index (χ3n) is 4.95. The lowest BCUT2D eigenvalue weighted by Gasteiger charge is -2.42. The van der Waals surface area contributed by atoms with Crippen molar-refractivity contribution < 1.29 is 5.11 Å². The van der Waals surface area contributed by atoms with Gasteiger partial charge in [0.1, 0.15) is 0 Å². The minimum absolute atomic E-state index is 0.317. The Morgan fingerprint density at radius 1 is 1.00 bits per heavy atom. The van der Waals surface area contributed by atoms with Gasteiger partial charge in [0.2, 0.25) is 0 Å². The van der Waals surface area contributed by atoms with Gasteiger partial charge in [-0.1, -0.05) is 27.2 Å². The van der Waals surface area contributed by atoms with Crippen molar-refractivity contribution in [3.05, 3.63) is 0 Å². The van der Waals surface area contributed by atoms with Crippen molar-refractivity contribution in [2.24, 2.45) is 23.7 Å². The second-order valence-electron chi connectivity index (χ2n) is 6.40. The van der Waals surface area contributed by atoms with Crippen LogP contribution in [0.3, 0.4) is 0 Å². The summed E-state index contributed by atoms with van der Waals surface area (Å²) >= 11 is 0. The molecule has 0 aromatic heterocycles. The first kappa shape index (κ1) is 11.4. The average Bonchev–Trinajstić information content (AvgIpc) is 2.47. The molecule has 2 aliphatic rings. The Balaban J connectivity index is 2.08. The van der Waals surface area contributed by atoms with E-state index in [1.54, 1.807) is 0 Å². The first-order chi connectivity index (χ1) is 7.02. The molecule has 0 aromatic carbocycles. The quantitative estimate of drug-likeness (QED) is 0.701. The highest BCUT2D eigenvalue weighted by Crippen LogP contribution is 2.48. The number of aliphatic hydroxyl groups is 1. The Labute approximate surface area is 94.3 Å². The van der Waals surface area contributed by atoms with Crippen molar-refractivity contribution >= 4 is 0 Å². The smallest absolute Gasteiger partial charge is 0.0701 e. The summed E-state index contributed by atoms with van der Waals surface area (Å²) < 4.78 is 0. The molecule has 0 heterocycles. The Hall–Kier alpha value is -0.0400. The third-order valence-corrected chi connectivity index (χ3v) is 4.95. The van der Waals surface area contributed by atoms with Gasteiger partial charge in [0.15, 0.2) is 0 Å². The summed E-state index contributed by atoms with van der Waals surface area (Å²) in [5, 5.41) is 10.8. The van der Waals surface area contributed by atoms with Crippen LogP contribution < -0.4 is 0 Å². The Bertz CT molecular complexity index is 215. The van der Waals surface area contributed by atoms with Crippen molar-refractivity contribution in [2.45, 2.75) is 64.9 Å². The minimum Gasteiger partial charge on any atom is -0.389 e. The van der Waals surface area contributed by atoms with Crippen LogP contribution in [-0.2, 0) is 0 Å². The van der Waals surface area contributed by atoms with E-state index in [1.165, 1.54) is 32.1 Å². The number of hydrogen-bond acceptors (Lipinski definition) is 1. The standard InChI is InChI=1S/C14H26O/c1-10-7-11(2)9-13(8-10)14(15)6-4-5-12(14)3/h10-13,15H,4-9H2,1-3H3. The number of hydrogen-bond donors (Lipinski definition) is 1. The van der Waals surface area contributed by atoms with Gasteiger partial charge < -0.3 is 5.11 Å².